The Kier molecular flexibility index (Phi) is 9.82. The second-order valence-electron chi connectivity index (χ2n) is 8.89. The maximum absolute atomic E-state index is 13.5. The smallest absolute Gasteiger partial charge is 0.340 e. The molecule has 40 heavy (non-hydrogen) atoms. The van der Waals surface area contributed by atoms with Crippen LogP contribution in [0.3, 0.4) is 0 Å². The van der Waals surface area contributed by atoms with Crippen LogP contribution in [0.5, 0.6) is 17.2 Å². The van der Waals surface area contributed by atoms with Gasteiger partial charge in [0.25, 0.3) is 17.9 Å². The van der Waals surface area contributed by atoms with Crippen LogP contribution < -0.4 is 25.5 Å². The summed E-state index contributed by atoms with van der Waals surface area (Å²) in [6, 6.07) is 2.61. The number of methoxy groups -OCH3 is 3. The topological polar surface area (TPSA) is 168 Å². The van der Waals surface area contributed by atoms with E-state index >= 15 is 0 Å². The van der Waals surface area contributed by atoms with E-state index in [1.54, 1.807) is 0 Å². The largest absolute Gasteiger partial charge is 0.493 e. The number of ether oxygens (including phenoxy) is 6. The Hall–Kier alpha value is -4.46. The summed E-state index contributed by atoms with van der Waals surface area (Å²) in [6.45, 7) is 2.66. The van der Waals surface area contributed by atoms with Crippen LogP contribution in [0, 0.1) is 6.92 Å². The normalized spacial score (nSPS) is 18.1. The average Bonchev–Trinajstić information content (AvgIpc) is 3.33. The minimum absolute atomic E-state index is 0.0159. The van der Waals surface area contributed by atoms with Crippen molar-refractivity contribution in [2.24, 2.45) is 0 Å². The molecule has 0 spiro atoms. The Balaban J connectivity index is 2.00. The van der Waals surface area contributed by atoms with E-state index in [2.05, 4.69) is 0 Å². The van der Waals surface area contributed by atoms with Gasteiger partial charge in [-0.2, -0.15) is 4.57 Å². The van der Waals surface area contributed by atoms with Crippen LogP contribution in [0.4, 0.5) is 0 Å². The minimum Gasteiger partial charge on any atom is -0.493 e. The van der Waals surface area contributed by atoms with Gasteiger partial charge in [-0.1, -0.05) is 0 Å². The molecule has 0 aliphatic carbocycles. The van der Waals surface area contributed by atoms with Crippen molar-refractivity contribution in [2.45, 2.75) is 51.5 Å². The van der Waals surface area contributed by atoms with E-state index in [1.165, 1.54) is 53.5 Å². The summed E-state index contributed by atoms with van der Waals surface area (Å²) in [4.78, 5) is 74.2. The van der Waals surface area contributed by atoms with Gasteiger partial charge >= 0.3 is 11.7 Å². The van der Waals surface area contributed by atoms with Gasteiger partial charge in [-0.3, -0.25) is 23.7 Å². The number of carbonyl (C=O) groups is 4. The summed E-state index contributed by atoms with van der Waals surface area (Å²) >= 11 is 0. The van der Waals surface area contributed by atoms with E-state index in [1.807, 2.05) is 0 Å². The summed E-state index contributed by atoms with van der Waals surface area (Å²) in [6.07, 6.45) is -1.99. The number of hydrogen-bond acceptors (Lipinski definition) is 12. The second kappa shape index (κ2) is 13.1. The van der Waals surface area contributed by atoms with Crippen LogP contribution in [0.1, 0.15) is 48.3 Å². The van der Waals surface area contributed by atoms with Gasteiger partial charge < -0.3 is 33.2 Å². The molecule has 1 unspecified atom stereocenters. The van der Waals surface area contributed by atoms with Crippen molar-refractivity contribution in [1.82, 2.24) is 9.13 Å². The van der Waals surface area contributed by atoms with Crippen LogP contribution >= 0.6 is 0 Å². The summed E-state index contributed by atoms with van der Waals surface area (Å²) in [5, 5.41) is 0. The number of nitrogens with zero attached hydrogens (tertiary/aromatic N) is 2. The van der Waals surface area contributed by atoms with Crippen molar-refractivity contribution in [3.63, 3.8) is 0 Å². The predicted octanol–water partition coefficient (Wildman–Crippen LogP) is 0.774. The molecule has 14 nitrogen and oxygen atoms in total. The first kappa shape index (κ1) is 30.1. The number of aryl methyl sites for hydroxylation is 1. The van der Waals surface area contributed by atoms with Gasteiger partial charge in [-0.25, -0.2) is 4.79 Å². The van der Waals surface area contributed by atoms with Crippen LogP contribution in [0.15, 0.2) is 27.9 Å². The predicted molar refractivity (Wildman–Crippen MR) is 136 cm³/mol. The first-order chi connectivity index (χ1) is 19.1. The Bertz CT molecular complexity index is 1380. The number of carbonyl (C=O) groups excluding carboxylic acids is 4. The summed E-state index contributed by atoms with van der Waals surface area (Å²) in [5.74, 6) is -1.35. The molecular formula is C26H30N2O12. The molecule has 1 aromatic heterocycles. The lowest BCUT2D eigenvalue weighted by Crippen LogP contribution is -2.45. The van der Waals surface area contributed by atoms with E-state index < -0.39 is 41.6 Å². The number of Topliss-reactive ketones (excluding diaryl/α,β-unsaturated/α-hetero) is 1. The zero-order valence-corrected chi connectivity index (χ0v) is 22.7. The molecule has 0 N–H and O–H groups in total. The minimum atomic E-state index is -1.09. The molecule has 216 valence electrons. The van der Waals surface area contributed by atoms with Crippen molar-refractivity contribution in [2.75, 3.05) is 27.9 Å². The molecule has 1 saturated heterocycles. The van der Waals surface area contributed by atoms with Crippen LogP contribution in [-0.4, -0.2) is 73.4 Å². The Morgan fingerprint density at radius 3 is 2.25 bits per heavy atom. The molecule has 2 aromatic rings. The van der Waals surface area contributed by atoms with Crippen molar-refractivity contribution in [1.29, 1.82) is 0 Å². The molecular weight excluding hydrogens is 532 g/mol. The van der Waals surface area contributed by atoms with Gasteiger partial charge in [0, 0.05) is 30.2 Å². The van der Waals surface area contributed by atoms with Gasteiger partial charge in [0.15, 0.2) is 11.5 Å². The number of ketones is 1. The third-order valence-corrected chi connectivity index (χ3v) is 6.18. The first-order valence-electron chi connectivity index (χ1n) is 12.1. The molecule has 1 aromatic carbocycles. The SMILES string of the molecule is COc1cc(C(=O)n2c(=O)c(C)cn([C@H]3C[C@@H](OC(=O)CCC(C)=O)C(COC=O)O3)c2=O)cc(OC)c1OC. The number of benzene rings is 1. The molecule has 1 aliphatic heterocycles. The zero-order chi connectivity index (χ0) is 29.6. The van der Waals surface area contributed by atoms with Gasteiger partial charge in [0.1, 0.15) is 30.8 Å². The Labute approximate surface area is 228 Å². The Morgan fingerprint density at radius 1 is 1.05 bits per heavy atom. The highest BCUT2D eigenvalue weighted by Crippen LogP contribution is 2.38. The van der Waals surface area contributed by atoms with Gasteiger partial charge in [-0.05, 0) is 26.0 Å². The van der Waals surface area contributed by atoms with Gasteiger partial charge in [0.05, 0.1) is 27.8 Å². The third-order valence-electron chi connectivity index (χ3n) is 6.18. The van der Waals surface area contributed by atoms with Crippen molar-refractivity contribution in [3.05, 3.63) is 50.3 Å². The highest BCUT2D eigenvalue weighted by atomic mass is 16.6. The van der Waals surface area contributed by atoms with Crippen LogP contribution in [-0.2, 0) is 28.6 Å². The maximum atomic E-state index is 13.5. The van der Waals surface area contributed by atoms with E-state index in [4.69, 9.17) is 28.4 Å². The molecule has 1 fully saturated rings. The van der Waals surface area contributed by atoms with Gasteiger partial charge in [-0.15, -0.1) is 0 Å². The van der Waals surface area contributed by atoms with E-state index in [0.29, 0.717) is 4.57 Å². The number of rotatable bonds is 12. The van der Waals surface area contributed by atoms with Crippen LogP contribution in [0.25, 0.3) is 0 Å². The fourth-order valence-electron chi connectivity index (χ4n) is 4.20. The monoisotopic (exact) mass is 562 g/mol. The van der Waals surface area contributed by atoms with E-state index in [9.17, 15) is 28.8 Å². The molecule has 0 radical (unpaired) electrons. The van der Waals surface area contributed by atoms with E-state index in [0.717, 1.165) is 4.57 Å². The van der Waals surface area contributed by atoms with Crippen molar-refractivity contribution in [3.8, 4) is 17.2 Å². The molecule has 0 saturated carbocycles. The molecule has 1 aliphatic rings. The fraction of sp³-hybridized carbons (Fsp3) is 0.462. The maximum Gasteiger partial charge on any atom is 0.340 e. The number of hydrogen-bond donors (Lipinski definition) is 0. The quantitative estimate of drug-likeness (QED) is 0.264. The lowest BCUT2D eigenvalue weighted by atomic mass is 10.1. The average molecular weight is 563 g/mol. The summed E-state index contributed by atoms with van der Waals surface area (Å²) in [5.41, 5.74) is -1.91. The summed E-state index contributed by atoms with van der Waals surface area (Å²) < 4.78 is 33.4. The molecule has 2 heterocycles. The number of aromatic nitrogens is 2. The van der Waals surface area contributed by atoms with Gasteiger partial charge in [0.2, 0.25) is 5.75 Å². The lowest BCUT2D eigenvalue weighted by molar-refractivity contribution is -0.155. The third kappa shape index (κ3) is 6.39. The van der Waals surface area contributed by atoms with E-state index in [-0.39, 0.29) is 66.5 Å². The molecule has 3 rings (SSSR count). The van der Waals surface area contributed by atoms with Crippen molar-refractivity contribution < 1.29 is 47.6 Å². The highest BCUT2D eigenvalue weighted by molar-refractivity contribution is 5.97. The first-order valence-corrected chi connectivity index (χ1v) is 12.1. The van der Waals surface area contributed by atoms with Crippen molar-refractivity contribution >= 4 is 24.1 Å². The highest BCUT2D eigenvalue weighted by Gasteiger charge is 2.40. The molecule has 0 bridgehead atoms. The van der Waals surface area contributed by atoms with Crippen LogP contribution in [0.2, 0.25) is 0 Å². The lowest BCUT2D eigenvalue weighted by Gasteiger charge is -2.18. The number of esters is 1. The summed E-state index contributed by atoms with van der Waals surface area (Å²) in [7, 11) is 4.08. The standard InChI is InChI=1S/C26H30N2O12/c1-14-11-27(21-10-17(20(39-21)12-38-13-29)40-22(31)7-6-15(2)30)26(34)28(24(14)32)25(33)16-8-18(35-3)23(37-5)19(9-16)36-4/h8-9,11,13,17,20-21H,6-7,10,12H2,1-5H3/t17-,20?,21-/m1/s1. The fourth-order valence-corrected chi connectivity index (χ4v) is 4.20. The molecule has 3 atom stereocenters. The second-order valence-corrected chi connectivity index (χ2v) is 8.89. The molecule has 0 amide bonds. The molecule has 14 heteroatoms. The Morgan fingerprint density at radius 2 is 1.70 bits per heavy atom. The zero-order valence-electron chi connectivity index (χ0n) is 22.7.